The van der Waals surface area contributed by atoms with Gasteiger partial charge in [0.15, 0.2) is 0 Å². The van der Waals surface area contributed by atoms with E-state index < -0.39 is 33.1 Å². The first-order valence-electron chi connectivity index (χ1n) is 7.61. The Morgan fingerprint density at radius 3 is 2.44 bits per heavy atom. The molecule has 8 heteroatoms. The number of hydrogen-bond acceptors (Lipinski definition) is 3. The van der Waals surface area contributed by atoms with Crippen molar-refractivity contribution in [3.8, 4) is 5.75 Å². The number of nitrogens with zero attached hydrogens (tertiary/aromatic N) is 1. The number of ether oxygens (including phenoxy) is 1. The Balaban J connectivity index is 1.98. The molecule has 0 saturated carbocycles. The third-order valence-electron chi connectivity index (χ3n) is 4.27. The molecule has 2 aromatic carbocycles. The van der Waals surface area contributed by atoms with E-state index in [4.69, 9.17) is 0 Å². The van der Waals surface area contributed by atoms with Crippen LogP contribution in [0.25, 0.3) is 0 Å². The second-order valence-electron chi connectivity index (χ2n) is 5.77. The lowest BCUT2D eigenvalue weighted by molar-refractivity contribution is -0.275. The van der Waals surface area contributed by atoms with Gasteiger partial charge in [0.2, 0.25) is 10.0 Å². The van der Waals surface area contributed by atoms with Gasteiger partial charge in [0, 0.05) is 7.05 Å². The molecule has 134 valence electrons. The largest absolute Gasteiger partial charge is 0.573 e. The van der Waals surface area contributed by atoms with Gasteiger partial charge in [-0.25, -0.2) is 8.42 Å². The predicted octanol–water partition coefficient (Wildman–Crippen LogP) is 3.89. The van der Waals surface area contributed by atoms with Crippen LogP contribution in [0.3, 0.4) is 0 Å². The zero-order valence-electron chi connectivity index (χ0n) is 13.3. The number of sulfonamides is 1. The Morgan fingerprint density at radius 2 is 1.72 bits per heavy atom. The average molecular weight is 371 g/mol. The van der Waals surface area contributed by atoms with Gasteiger partial charge in [-0.05, 0) is 36.1 Å². The molecular weight excluding hydrogens is 355 g/mol. The van der Waals surface area contributed by atoms with Crippen molar-refractivity contribution in [3.05, 3.63) is 59.7 Å². The van der Waals surface area contributed by atoms with Crippen molar-refractivity contribution in [1.29, 1.82) is 0 Å². The van der Waals surface area contributed by atoms with Crippen molar-refractivity contribution in [2.45, 2.75) is 30.1 Å². The molecule has 4 nitrogen and oxygen atoms in total. The molecule has 0 spiro atoms. The molecule has 0 fully saturated rings. The number of para-hydroxylation sites is 1. The molecule has 2 aromatic rings. The summed E-state index contributed by atoms with van der Waals surface area (Å²) in [5, 5.41) is 0. The van der Waals surface area contributed by atoms with Crippen LogP contribution in [0.1, 0.15) is 23.6 Å². The van der Waals surface area contributed by atoms with Crippen LogP contribution in [0.2, 0.25) is 0 Å². The number of rotatable bonds is 4. The maximum Gasteiger partial charge on any atom is 0.573 e. The monoisotopic (exact) mass is 371 g/mol. The van der Waals surface area contributed by atoms with Gasteiger partial charge < -0.3 is 4.74 Å². The molecule has 3 rings (SSSR count). The highest BCUT2D eigenvalue weighted by Crippen LogP contribution is 2.39. The van der Waals surface area contributed by atoms with E-state index >= 15 is 0 Å². The normalized spacial score (nSPS) is 17.6. The van der Waals surface area contributed by atoms with Crippen LogP contribution in [0.5, 0.6) is 5.75 Å². The quantitative estimate of drug-likeness (QED) is 0.819. The van der Waals surface area contributed by atoms with E-state index in [-0.39, 0.29) is 0 Å². The molecule has 1 atom stereocenters. The first-order valence-corrected chi connectivity index (χ1v) is 9.05. The molecule has 0 N–H and O–H groups in total. The first kappa shape index (κ1) is 17.8. The molecular formula is C17H16F3NO3S. The fourth-order valence-corrected chi connectivity index (χ4v) is 4.59. The highest BCUT2D eigenvalue weighted by atomic mass is 32.2. The number of alkyl halides is 3. The maximum absolute atomic E-state index is 12.9. The van der Waals surface area contributed by atoms with Crippen molar-refractivity contribution in [1.82, 2.24) is 4.31 Å². The summed E-state index contributed by atoms with van der Waals surface area (Å²) in [5.74, 6) is -0.729. The van der Waals surface area contributed by atoms with E-state index in [1.807, 2.05) is 24.3 Å². The summed E-state index contributed by atoms with van der Waals surface area (Å²) in [5.41, 5.74) is 1.93. The zero-order valence-corrected chi connectivity index (χ0v) is 14.1. The molecule has 0 amide bonds. The molecule has 1 unspecified atom stereocenters. The molecule has 0 saturated heterocycles. The molecule has 25 heavy (non-hydrogen) atoms. The second-order valence-corrected chi connectivity index (χ2v) is 7.73. The molecule has 0 heterocycles. The van der Waals surface area contributed by atoms with E-state index in [0.717, 1.165) is 34.0 Å². The number of benzene rings is 2. The van der Waals surface area contributed by atoms with Crippen LogP contribution in [-0.2, 0) is 16.4 Å². The lowest BCUT2D eigenvalue weighted by Gasteiger charge is -2.25. The van der Waals surface area contributed by atoms with Crippen LogP contribution >= 0.6 is 0 Å². The SMILES string of the molecule is CN(C1CCc2ccccc21)S(=O)(=O)c1ccccc1OC(F)(F)F. The van der Waals surface area contributed by atoms with Gasteiger partial charge >= 0.3 is 6.36 Å². The smallest absolute Gasteiger partial charge is 0.404 e. The third-order valence-corrected chi connectivity index (χ3v) is 6.18. The Kier molecular flexibility index (Phi) is 4.51. The van der Waals surface area contributed by atoms with Crippen molar-refractivity contribution in [2.75, 3.05) is 7.05 Å². The van der Waals surface area contributed by atoms with E-state index in [9.17, 15) is 21.6 Å². The van der Waals surface area contributed by atoms with E-state index in [2.05, 4.69) is 4.74 Å². The fraction of sp³-hybridized carbons (Fsp3) is 0.294. The summed E-state index contributed by atoms with van der Waals surface area (Å²) in [4.78, 5) is -0.501. The van der Waals surface area contributed by atoms with E-state index in [0.29, 0.717) is 6.42 Å². The van der Waals surface area contributed by atoms with E-state index in [1.54, 1.807) is 0 Å². The van der Waals surface area contributed by atoms with Gasteiger partial charge in [-0.3, -0.25) is 0 Å². The number of aryl methyl sites for hydroxylation is 1. The van der Waals surface area contributed by atoms with Gasteiger partial charge in [-0.15, -0.1) is 13.2 Å². The fourth-order valence-electron chi connectivity index (χ4n) is 3.11. The zero-order chi connectivity index (χ0) is 18.2. The highest BCUT2D eigenvalue weighted by molar-refractivity contribution is 7.89. The predicted molar refractivity (Wildman–Crippen MR) is 85.6 cm³/mol. The Bertz CT molecular complexity index is 881. The van der Waals surface area contributed by atoms with Gasteiger partial charge in [-0.1, -0.05) is 36.4 Å². The molecule has 1 aliphatic rings. The van der Waals surface area contributed by atoms with Crippen molar-refractivity contribution >= 4 is 10.0 Å². The molecule has 0 aromatic heterocycles. The standard InChI is InChI=1S/C17H16F3NO3S/c1-21(14-11-10-12-6-2-3-7-13(12)14)25(22,23)16-9-5-4-8-15(16)24-17(18,19)20/h2-9,14H,10-11H2,1H3. The summed E-state index contributed by atoms with van der Waals surface area (Å²) >= 11 is 0. The van der Waals surface area contributed by atoms with Gasteiger partial charge in [0.25, 0.3) is 0 Å². The van der Waals surface area contributed by atoms with Gasteiger partial charge in [0.1, 0.15) is 10.6 Å². The highest BCUT2D eigenvalue weighted by Gasteiger charge is 2.38. The topological polar surface area (TPSA) is 46.6 Å². The Hall–Kier alpha value is -2.06. The van der Waals surface area contributed by atoms with Gasteiger partial charge in [-0.2, -0.15) is 4.31 Å². The number of fused-ring (bicyclic) bond motifs is 1. The third kappa shape index (κ3) is 3.50. The molecule has 0 aliphatic heterocycles. The average Bonchev–Trinajstić information content (AvgIpc) is 2.97. The summed E-state index contributed by atoms with van der Waals surface area (Å²) in [7, 11) is -2.78. The molecule has 0 radical (unpaired) electrons. The second kappa shape index (κ2) is 6.34. The lowest BCUT2D eigenvalue weighted by Crippen LogP contribution is -2.31. The van der Waals surface area contributed by atoms with Crippen LogP contribution < -0.4 is 4.74 Å². The van der Waals surface area contributed by atoms with Gasteiger partial charge in [0.05, 0.1) is 6.04 Å². The Morgan fingerprint density at radius 1 is 1.08 bits per heavy atom. The van der Waals surface area contributed by atoms with Crippen LogP contribution in [0.15, 0.2) is 53.4 Å². The Labute approximate surface area is 143 Å². The number of hydrogen-bond donors (Lipinski definition) is 0. The summed E-state index contributed by atoms with van der Waals surface area (Å²) in [6, 6.07) is 11.8. The van der Waals surface area contributed by atoms with Crippen LogP contribution in [0.4, 0.5) is 13.2 Å². The van der Waals surface area contributed by atoms with Crippen LogP contribution in [-0.4, -0.2) is 26.1 Å². The minimum absolute atomic E-state index is 0.417. The first-order chi connectivity index (χ1) is 11.7. The summed E-state index contributed by atoms with van der Waals surface area (Å²) < 4.78 is 68.6. The van der Waals surface area contributed by atoms with Crippen molar-refractivity contribution in [2.24, 2.45) is 0 Å². The lowest BCUT2D eigenvalue weighted by atomic mass is 10.1. The van der Waals surface area contributed by atoms with Crippen molar-refractivity contribution in [3.63, 3.8) is 0 Å². The maximum atomic E-state index is 12.9. The van der Waals surface area contributed by atoms with Crippen molar-refractivity contribution < 1.29 is 26.3 Å². The minimum Gasteiger partial charge on any atom is -0.404 e. The van der Waals surface area contributed by atoms with E-state index in [1.165, 1.54) is 19.2 Å². The summed E-state index contributed by atoms with van der Waals surface area (Å²) in [6.45, 7) is 0. The summed E-state index contributed by atoms with van der Waals surface area (Å²) in [6.07, 6.45) is -3.66. The molecule has 1 aliphatic carbocycles. The molecule has 0 bridgehead atoms. The minimum atomic E-state index is -4.97. The van der Waals surface area contributed by atoms with Crippen LogP contribution in [0, 0.1) is 0 Å². The number of halogens is 3.